The number of hydrazone groups is 1. The summed E-state index contributed by atoms with van der Waals surface area (Å²) in [6, 6.07) is 5.74. The van der Waals surface area contributed by atoms with E-state index in [1.54, 1.807) is 27.7 Å². The Morgan fingerprint density at radius 3 is 2.30 bits per heavy atom. The van der Waals surface area contributed by atoms with Gasteiger partial charge in [0.2, 0.25) is 0 Å². The third kappa shape index (κ3) is 4.07. The lowest BCUT2D eigenvalue weighted by atomic mass is 9.98. The predicted molar refractivity (Wildman–Crippen MR) is 101 cm³/mol. The van der Waals surface area contributed by atoms with Gasteiger partial charge in [0.05, 0.1) is 11.1 Å². The van der Waals surface area contributed by atoms with E-state index >= 15 is 0 Å². The fourth-order valence-corrected chi connectivity index (χ4v) is 3.74. The molecule has 3 heterocycles. The Morgan fingerprint density at radius 1 is 1.03 bits per heavy atom. The minimum absolute atomic E-state index is 0.0323. The highest BCUT2D eigenvalue weighted by molar-refractivity contribution is 5.85. The zero-order valence-corrected chi connectivity index (χ0v) is 16.9. The average Bonchev–Trinajstić information content (AvgIpc) is 3.15. The molecule has 3 aliphatic rings. The zero-order chi connectivity index (χ0) is 21.7. The Balaban J connectivity index is 1.45. The molecule has 1 N–H and O–H groups in total. The second-order valence-corrected chi connectivity index (χ2v) is 8.17. The first-order valence-electron chi connectivity index (χ1n) is 9.49. The smallest absolute Gasteiger partial charge is 0.272 e. The normalized spacial score (nSPS) is 33.8. The summed E-state index contributed by atoms with van der Waals surface area (Å²) < 4.78 is 29.4. The van der Waals surface area contributed by atoms with Gasteiger partial charge in [-0.25, -0.2) is 5.43 Å². The molecule has 0 bridgehead atoms. The maximum Gasteiger partial charge on any atom is 0.272 e. The SMILES string of the molecule is CC1(C)O[C@@H]2[C@@H](O1)[C@@H](C(=O)N/N=C\c1ccc([N+](=O)[O-])cc1)O[C@H]1OC(C)(C)O[C@@H]12. The number of carbonyl (C=O) groups excluding carboxylic acids is 1. The molecule has 11 heteroatoms. The largest absolute Gasteiger partial charge is 0.342 e. The van der Waals surface area contributed by atoms with Crippen LogP contribution in [0.2, 0.25) is 0 Å². The van der Waals surface area contributed by atoms with Gasteiger partial charge in [-0.1, -0.05) is 0 Å². The zero-order valence-electron chi connectivity index (χ0n) is 16.9. The first-order valence-corrected chi connectivity index (χ1v) is 9.49. The van der Waals surface area contributed by atoms with Gasteiger partial charge >= 0.3 is 0 Å². The summed E-state index contributed by atoms with van der Waals surface area (Å²) in [5.41, 5.74) is 2.97. The number of nitrogens with one attached hydrogen (secondary N) is 1. The summed E-state index contributed by atoms with van der Waals surface area (Å²) >= 11 is 0. The molecule has 0 saturated carbocycles. The van der Waals surface area contributed by atoms with Crippen LogP contribution in [0.25, 0.3) is 0 Å². The van der Waals surface area contributed by atoms with E-state index in [1.165, 1.54) is 30.5 Å². The number of benzene rings is 1. The van der Waals surface area contributed by atoms with Crippen molar-refractivity contribution in [2.24, 2.45) is 5.10 Å². The van der Waals surface area contributed by atoms with E-state index in [1.807, 2.05) is 0 Å². The van der Waals surface area contributed by atoms with Crippen LogP contribution in [0, 0.1) is 10.1 Å². The van der Waals surface area contributed by atoms with Gasteiger partial charge in [-0.2, -0.15) is 5.10 Å². The highest BCUT2D eigenvalue weighted by Crippen LogP contribution is 2.44. The van der Waals surface area contributed by atoms with Crippen molar-refractivity contribution in [2.75, 3.05) is 0 Å². The lowest BCUT2D eigenvalue weighted by Gasteiger charge is -2.36. The number of nitrogens with zero attached hydrogens (tertiary/aromatic N) is 2. The number of hydrogen-bond acceptors (Lipinski definition) is 9. The number of rotatable bonds is 4. The highest BCUT2D eigenvalue weighted by Gasteiger charge is 2.62. The molecule has 162 valence electrons. The Morgan fingerprint density at radius 2 is 1.63 bits per heavy atom. The first-order chi connectivity index (χ1) is 14.0. The van der Waals surface area contributed by atoms with Gasteiger partial charge in [-0.3, -0.25) is 14.9 Å². The molecule has 0 radical (unpaired) electrons. The summed E-state index contributed by atoms with van der Waals surface area (Å²) in [4.78, 5) is 23.0. The number of amides is 1. The van der Waals surface area contributed by atoms with E-state index in [9.17, 15) is 14.9 Å². The quantitative estimate of drug-likeness (QED) is 0.439. The standard InChI is InChI=1S/C19H23N3O8/c1-18(2)27-12-13(28-18)15-17(30-19(3,4)29-15)26-14(12)16(23)21-20-9-10-5-7-11(8-6-10)22(24)25/h5-9,12-15,17H,1-4H3,(H,21,23)/b20-9-/t12-,13-,14+,15-,17+/m1/s1. The van der Waals surface area contributed by atoms with Crippen molar-refractivity contribution < 1.29 is 33.4 Å². The minimum Gasteiger partial charge on any atom is -0.342 e. The molecular weight excluding hydrogens is 398 g/mol. The van der Waals surface area contributed by atoms with Crippen molar-refractivity contribution in [3.8, 4) is 0 Å². The van der Waals surface area contributed by atoms with E-state index < -0.39 is 53.1 Å². The van der Waals surface area contributed by atoms with Gasteiger partial charge in [0.1, 0.15) is 18.3 Å². The minimum atomic E-state index is -1.02. The van der Waals surface area contributed by atoms with Gasteiger partial charge in [-0.15, -0.1) is 0 Å². The van der Waals surface area contributed by atoms with Crippen LogP contribution >= 0.6 is 0 Å². The molecule has 30 heavy (non-hydrogen) atoms. The highest BCUT2D eigenvalue weighted by atomic mass is 16.9. The van der Waals surface area contributed by atoms with E-state index in [0.717, 1.165) is 0 Å². The molecule has 0 aromatic heterocycles. The molecule has 3 fully saturated rings. The topological polar surface area (TPSA) is 131 Å². The van der Waals surface area contributed by atoms with Gasteiger partial charge < -0.3 is 23.7 Å². The number of nitro groups is 1. The predicted octanol–water partition coefficient (Wildman–Crippen LogP) is 1.44. The second-order valence-electron chi connectivity index (χ2n) is 8.17. The molecule has 0 aliphatic carbocycles. The van der Waals surface area contributed by atoms with Crippen LogP contribution < -0.4 is 5.43 Å². The van der Waals surface area contributed by atoms with Gasteiger partial charge in [0.15, 0.2) is 24.0 Å². The fraction of sp³-hybridized carbons (Fsp3) is 0.579. The van der Waals surface area contributed by atoms with Gasteiger partial charge in [0.25, 0.3) is 11.6 Å². The van der Waals surface area contributed by atoms with Crippen molar-refractivity contribution in [2.45, 2.75) is 70.0 Å². The van der Waals surface area contributed by atoms with E-state index in [4.69, 9.17) is 23.7 Å². The molecule has 1 aromatic carbocycles. The van der Waals surface area contributed by atoms with Crippen LogP contribution in [-0.2, 0) is 28.5 Å². The molecule has 3 aliphatic heterocycles. The van der Waals surface area contributed by atoms with Crippen LogP contribution in [0.1, 0.15) is 33.3 Å². The lowest BCUT2D eigenvalue weighted by molar-refractivity contribution is -0.384. The Bertz CT molecular complexity index is 869. The number of fused-ring (bicyclic) bond motifs is 3. The maximum atomic E-state index is 12.8. The fourth-order valence-electron chi connectivity index (χ4n) is 3.74. The molecule has 5 atom stereocenters. The number of non-ortho nitro benzene ring substituents is 1. The number of hydrogen-bond donors (Lipinski definition) is 1. The van der Waals surface area contributed by atoms with E-state index in [2.05, 4.69) is 10.5 Å². The molecule has 1 aromatic rings. The van der Waals surface area contributed by atoms with E-state index in [0.29, 0.717) is 5.56 Å². The van der Waals surface area contributed by atoms with Crippen LogP contribution in [-0.4, -0.2) is 59.3 Å². The second kappa shape index (κ2) is 7.36. The number of ether oxygens (including phenoxy) is 5. The number of carbonyl (C=O) groups is 1. The average molecular weight is 421 g/mol. The summed E-state index contributed by atoms with van der Waals surface area (Å²) in [6.45, 7) is 7.02. The van der Waals surface area contributed by atoms with Gasteiger partial charge in [-0.05, 0) is 45.4 Å². The van der Waals surface area contributed by atoms with Crippen molar-refractivity contribution in [3.05, 3.63) is 39.9 Å². The molecule has 11 nitrogen and oxygen atoms in total. The van der Waals surface area contributed by atoms with Crippen molar-refractivity contribution in [1.29, 1.82) is 0 Å². The van der Waals surface area contributed by atoms with Crippen LogP contribution in [0.3, 0.4) is 0 Å². The van der Waals surface area contributed by atoms with Crippen LogP contribution in [0.5, 0.6) is 0 Å². The molecule has 0 spiro atoms. The Labute approximate surface area is 172 Å². The summed E-state index contributed by atoms with van der Waals surface area (Å²) in [6.07, 6.45) is -2.21. The molecule has 0 unspecified atom stereocenters. The molecule has 3 saturated heterocycles. The van der Waals surface area contributed by atoms with Crippen molar-refractivity contribution in [1.82, 2.24) is 5.43 Å². The van der Waals surface area contributed by atoms with Crippen molar-refractivity contribution in [3.63, 3.8) is 0 Å². The van der Waals surface area contributed by atoms with E-state index in [-0.39, 0.29) is 5.69 Å². The maximum absolute atomic E-state index is 12.8. The summed E-state index contributed by atoms with van der Waals surface area (Å²) in [7, 11) is 0. The summed E-state index contributed by atoms with van der Waals surface area (Å²) in [5, 5.41) is 14.6. The number of nitro benzene ring substituents is 1. The third-order valence-electron chi connectivity index (χ3n) is 4.91. The van der Waals surface area contributed by atoms with Crippen molar-refractivity contribution >= 4 is 17.8 Å². The van der Waals surface area contributed by atoms with Gasteiger partial charge in [0, 0.05) is 12.1 Å². The van der Waals surface area contributed by atoms with Crippen LogP contribution in [0.4, 0.5) is 5.69 Å². The Kier molecular flexibility index (Phi) is 5.11. The lowest BCUT2D eigenvalue weighted by Crippen LogP contribution is -2.59. The first kappa shape index (κ1) is 20.8. The third-order valence-corrected chi connectivity index (χ3v) is 4.91. The summed E-state index contributed by atoms with van der Waals surface area (Å²) in [5.74, 6) is -2.32. The molecular formula is C19H23N3O8. The molecule has 1 amide bonds. The Hall–Kier alpha value is -2.44. The van der Waals surface area contributed by atoms with Crippen LogP contribution in [0.15, 0.2) is 29.4 Å². The monoisotopic (exact) mass is 421 g/mol. The molecule has 4 rings (SSSR count).